The number of ether oxygens (including phenoxy) is 3. The number of nitriles is 1. The number of pyridine rings is 1. The maximum atomic E-state index is 12.7. The predicted molar refractivity (Wildman–Crippen MR) is 98.1 cm³/mol. The van der Waals surface area contributed by atoms with Gasteiger partial charge >= 0.3 is 0 Å². The number of nitrogens with zero attached hydrogens (tertiary/aromatic N) is 3. The Bertz CT molecular complexity index is 857. The molecule has 27 heavy (non-hydrogen) atoms. The molecule has 1 amide bonds. The lowest BCUT2D eigenvalue weighted by atomic mass is 10.1. The van der Waals surface area contributed by atoms with E-state index in [2.05, 4.69) is 4.98 Å². The highest BCUT2D eigenvalue weighted by molar-refractivity contribution is 5.95. The third-order valence-electron chi connectivity index (χ3n) is 4.08. The van der Waals surface area contributed by atoms with Gasteiger partial charge in [0.25, 0.3) is 5.91 Å². The van der Waals surface area contributed by atoms with Crippen molar-refractivity contribution >= 4 is 5.91 Å². The van der Waals surface area contributed by atoms with Crippen molar-refractivity contribution in [1.82, 2.24) is 9.88 Å². The van der Waals surface area contributed by atoms with Gasteiger partial charge in [0, 0.05) is 17.8 Å². The van der Waals surface area contributed by atoms with Crippen molar-refractivity contribution in [3.05, 3.63) is 47.7 Å². The molecule has 0 saturated carbocycles. The van der Waals surface area contributed by atoms with Crippen molar-refractivity contribution in [1.29, 1.82) is 5.26 Å². The summed E-state index contributed by atoms with van der Waals surface area (Å²) < 4.78 is 16.8. The van der Waals surface area contributed by atoms with E-state index >= 15 is 0 Å². The van der Waals surface area contributed by atoms with E-state index in [1.165, 1.54) is 6.20 Å². The second-order valence-corrected chi connectivity index (χ2v) is 5.97. The Morgan fingerprint density at radius 1 is 1.19 bits per heavy atom. The lowest BCUT2D eigenvalue weighted by Gasteiger charge is -2.38. The molecule has 0 bridgehead atoms. The summed E-state index contributed by atoms with van der Waals surface area (Å²) in [5, 5.41) is 8.92. The van der Waals surface area contributed by atoms with Crippen molar-refractivity contribution in [3.63, 3.8) is 0 Å². The van der Waals surface area contributed by atoms with Crippen LogP contribution in [0.4, 0.5) is 0 Å². The fourth-order valence-electron chi connectivity index (χ4n) is 2.76. The van der Waals surface area contributed by atoms with Gasteiger partial charge in [0.15, 0.2) is 11.5 Å². The smallest absolute Gasteiger partial charge is 0.254 e. The number of hydrogen-bond donors (Lipinski definition) is 0. The Morgan fingerprint density at radius 3 is 2.63 bits per heavy atom. The second-order valence-electron chi connectivity index (χ2n) is 5.97. The van der Waals surface area contributed by atoms with Crippen LogP contribution in [0.15, 0.2) is 36.5 Å². The van der Waals surface area contributed by atoms with Gasteiger partial charge in [-0.15, -0.1) is 0 Å². The van der Waals surface area contributed by atoms with Crippen molar-refractivity contribution in [2.75, 3.05) is 26.3 Å². The molecule has 1 aromatic heterocycles. The minimum Gasteiger partial charge on any atom is -0.490 e. The van der Waals surface area contributed by atoms with Crippen LogP contribution in [0.5, 0.6) is 17.4 Å². The van der Waals surface area contributed by atoms with Crippen LogP contribution in [-0.4, -0.2) is 48.2 Å². The molecule has 7 heteroatoms. The number of aromatic nitrogens is 1. The molecule has 140 valence electrons. The standard InChI is InChI=1S/C20H21N3O4/c1-3-25-17-6-5-15(10-18(17)26-4-2)20(24)23-12-16(13-23)27-19-9-14(11-21)7-8-22-19/h5-10,16H,3-4,12-13H2,1-2H3. The molecule has 3 rings (SSSR count). The van der Waals surface area contributed by atoms with E-state index in [9.17, 15) is 4.79 Å². The van der Waals surface area contributed by atoms with E-state index in [4.69, 9.17) is 19.5 Å². The van der Waals surface area contributed by atoms with E-state index < -0.39 is 0 Å². The molecule has 0 unspecified atom stereocenters. The summed E-state index contributed by atoms with van der Waals surface area (Å²) in [4.78, 5) is 18.5. The van der Waals surface area contributed by atoms with Gasteiger partial charge in [-0.2, -0.15) is 5.26 Å². The average Bonchev–Trinajstić information content (AvgIpc) is 2.66. The maximum Gasteiger partial charge on any atom is 0.254 e. The summed E-state index contributed by atoms with van der Waals surface area (Å²) in [6.45, 7) is 5.74. The first kappa shape index (κ1) is 18.5. The number of rotatable bonds is 7. The van der Waals surface area contributed by atoms with Gasteiger partial charge in [-0.3, -0.25) is 4.79 Å². The first-order valence-corrected chi connectivity index (χ1v) is 8.86. The molecule has 0 radical (unpaired) electrons. The zero-order valence-corrected chi connectivity index (χ0v) is 15.3. The van der Waals surface area contributed by atoms with Gasteiger partial charge < -0.3 is 19.1 Å². The zero-order chi connectivity index (χ0) is 19.2. The van der Waals surface area contributed by atoms with Crippen LogP contribution in [0, 0.1) is 11.3 Å². The van der Waals surface area contributed by atoms with E-state index in [1.54, 1.807) is 35.2 Å². The molecule has 0 aliphatic carbocycles. The van der Waals surface area contributed by atoms with Gasteiger partial charge in [-0.1, -0.05) is 0 Å². The van der Waals surface area contributed by atoms with Crippen LogP contribution in [0.25, 0.3) is 0 Å². The first-order chi connectivity index (χ1) is 13.1. The van der Waals surface area contributed by atoms with E-state index in [-0.39, 0.29) is 12.0 Å². The number of amides is 1. The highest BCUT2D eigenvalue weighted by Crippen LogP contribution is 2.30. The molecule has 0 N–H and O–H groups in total. The van der Waals surface area contributed by atoms with Gasteiger partial charge in [-0.05, 0) is 38.1 Å². The summed E-state index contributed by atoms with van der Waals surface area (Å²) in [6.07, 6.45) is 1.40. The third kappa shape index (κ3) is 4.29. The molecular weight excluding hydrogens is 346 g/mol. The molecule has 1 aromatic carbocycles. The second kappa shape index (κ2) is 8.41. The van der Waals surface area contributed by atoms with Crippen molar-refractivity contribution in [2.45, 2.75) is 20.0 Å². The molecule has 1 aliphatic rings. The van der Waals surface area contributed by atoms with Crippen molar-refractivity contribution < 1.29 is 19.0 Å². The summed E-state index contributed by atoms with van der Waals surface area (Å²) >= 11 is 0. The number of carbonyl (C=O) groups is 1. The van der Waals surface area contributed by atoms with E-state index in [0.717, 1.165) is 0 Å². The quantitative estimate of drug-likeness (QED) is 0.748. The SMILES string of the molecule is CCOc1ccc(C(=O)N2CC(Oc3cc(C#N)ccn3)C2)cc1OCC. The fraction of sp³-hybridized carbons (Fsp3) is 0.350. The van der Waals surface area contributed by atoms with Crippen molar-refractivity contribution in [3.8, 4) is 23.4 Å². The van der Waals surface area contributed by atoms with Gasteiger partial charge in [0.2, 0.25) is 5.88 Å². The Hall–Kier alpha value is -3.27. The average molecular weight is 367 g/mol. The number of likely N-dealkylation sites (tertiary alicyclic amines) is 1. The molecule has 2 heterocycles. The lowest BCUT2D eigenvalue weighted by molar-refractivity contribution is 0.0160. The number of carbonyl (C=O) groups excluding carboxylic acids is 1. The third-order valence-corrected chi connectivity index (χ3v) is 4.08. The van der Waals surface area contributed by atoms with Crippen LogP contribution in [-0.2, 0) is 0 Å². The van der Waals surface area contributed by atoms with Crippen LogP contribution in [0.3, 0.4) is 0 Å². The summed E-state index contributed by atoms with van der Waals surface area (Å²) in [5.41, 5.74) is 1.04. The van der Waals surface area contributed by atoms with Crippen LogP contribution >= 0.6 is 0 Å². The minimum absolute atomic E-state index is 0.0856. The molecule has 1 saturated heterocycles. The topological polar surface area (TPSA) is 84.7 Å². The monoisotopic (exact) mass is 367 g/mol. The van der Waals surface area contributed by atoms with Crippen LogP contribution in [0.1, 0.15) is 29.8 Å². The number of benzene rings is 1. The zero-order valence-electron chi connectivity index (χ0n) is 15.3. The van der Waals surface area contributed by atoms with E-state index in [1.807, 2.05) is 19.9 Å². The Labute approximate surface area is 158 Å². The summed E-state index contributed by atoms with van der Waals surface area (Å²) in [6, 6.07) is 10.5. The molecule has 0 atom stereocenters. The van der Waals surface area contributed by atoms with Crippen LogP contribution in [0.2, 0.25) is 0 Å². The molecule has 2 aromatic rings. The highest BCUT2D eigenvalue weighted by Gasteiger charge is 2.33. The largest absolute Gasteiger partial charge is 0.490 e. The first-order valence-electron chi connectivity index (χ1n) is 8.86. The molecule has 7 nitrogen and oxygen atoms in total. The molecule has 1 fully saturated rings. The van der Waals surface area contributed by atoms with Gasteiger partial charge in [0.1, 0.15) is 6.10 Å². The normalized spacial score (nSPS) is 13.4. The molecule has 1 aliphatic heterocycles. The van der Waals surface area contributed by atoms with Gasteiger partial charge in [-0.25, -0.2) is 4.98 Å². The fourth-order valence-corrected chi connectivity index (χ4v) is 2.76. The highest BCUT2D eigenvalue weighted by atomic mass is 16.5. The minimum atomic E-state index is -0.135. The molecule has 0 spiro atoms. The Balaban J connectivity index is 1.61. The number of hydrogen-bond acceptors (Lipinski definition) is 6. The Kier molecular flexibility index (Phi) is 5.77. The maximum absolute atomic E-state index is 12.7. The summed E-state index contributed by atoms with van der Waals surface area (Å²) in [7, 11) is 0. The predicted octanol–water partition coefficient (Wildman–Crippen LogP) is 2.65. The summed E-state index contributed by atoms with van der Waals surface area (Å²) in [5.74, 6) is 1.50. The lowest BCUT2D eigenvalue weighted by Crippen LogP contribution is -2.56. The van der Waals surface area contributed by atoms with Gasteiger partial charge in [0.05, 0.1) is 37.9 Å². The molecular formula is C20H21N3O4. The van der Waals surface area contributed by atoms with Crippen LogP contribution < -0.4 is 14.2 Å². The Morgan fingerprint density at radius 2 is 1.93 bits per heavy atom. The van der Waals surface area contributed by atoms with Crippen molar-refractivity contribution in [2.24, 2.45) is 0 Å². The van der Waals surface area contributed by atoms with E-state index in [0.29, 0.717) is 54.8 Å².